The molecule has 20 heavy (non-hydrogen) atoms. The van der Waals surface area contributed by atoms with Crippen LogP contribution < -0.4 is 15.5 Å². The molecule has 0 aromatic heterocycles. The third kappa shape index (κ3) is 3.36. The molecule has 108 valence electrons. The molecule has 1 aromatic rings. The van der Waals surface area contributed by atoms with Crippen LogP contribution in [0.2, 0.25) is 0 Å². The first-order valence-electron chi connectivity index (χ1n) is 7.00. The molecule has 5 nitrogen and oxygen atoms in total. The van der Waals surface area contributed by atoms with E-state index in [0.29, 0.717) is 6.54 Å². The molecule has 1 aliphatic heterocycles. The average molecular weight is 275 g/mol. The largest absolute Gasteiger partial charge is 0.352 e. The van der Waals surface area contributed by atoms with Gasteiger partial charge in [0.2, 0.25) is 11.8 Å². The number of benzene rings is 1. The molecule has 1 aromatic carbocycles. The van der Waals surface area contributed by atoms with Crippen LogP contribution in [0.5, 0.6) is 0 Å². The first-order chi connectivity index (χ1) is 9.61. The average Bonchev–Trinajstić information content (AvgIpc) is 2.59. The predicted octanol–water partition coefficient (Wildman–Crippen LogP) is 1.04. The minimum Gasteiger partial charge on any atom is -0.352 e. The zero-order valence-electron chi connectivity index (χ0n) is 12.0. The number of hydrogen-bond donors (Lipinski definition) is 2. The van der Waals surface area contributed by atoms with Gasteiger partial charge in [-0.05, 0) is 25.0 Å². The van der Waals surface area contributed by atoms with Crippen molar-refractivity contribution in [1.82, 2.24) is 10.6 Å². The molecule has 5 heteroatoms. The van der Waals surface area contributed by atoms with Crippen LogP contribution in [0.15, 0.2) is 24.3 Å². The number of anilines is 1. The highest BCUT2D eigenvalue weighted by atomic mass is 16.2. The molecular formula is C15H21N3O2. The van der Waals surface area contributed by atoms with E-state index in [1.807, 2.05) is 38.1 Å². The van der Waals surface area contributed by atoms with E-state index in [1.54, 1.807) is 4.90 Å². The molecular weight excluding hydrogens is 254 g/mol. The van der Waals surface area contributed by atoms with Crippen molar-refractivity contribution in [1.29, 1.82) is 0 Å². The SMILES string of the molecule is CCC(C)NC(=O)CN1C(=O)CNCc2ccccc21. The quantitative estimate of drug-likeness (QED) is 0.863. The first kappa shape index (κ1) is 14.5. The van der Waals surface area contributed by atoms with Crippen LogP contribution in [-0.2, 0) is 16.1 Å². The third-order valence-electron chi connectivity index (χ3n) is 3.50. The highest BCUT2D eigenvalue weighted by Gasteiger charge is 2.23. The van der Waals surface area contributed by atoms with Gasteiger partial charge in [-0.1, -0.05) is 25.1 Å². The molecule has 0 spiro atoms. The van der Waals surface area contributed by atoms with Crippen LogP contribution in [0.25, 0.3) is 0 Å². The summed E-state index contributed by atoms with van der Waals surface area (Å²) in [6.07, 6.45) is 0.873. The van der Waals surface area contributed by atoms with Crippen molar-refractivity contribution in [3.63, 3.8) is 0 Å². The Kier molecular flexibility index (Phi) is 4.74. The maximum Gasteiger partial charge on any atom is 0.241 e. The second kappa shape index (κ2) is 6.52. The summed E-state index contributed by atoms with van der Waals surface area (Å²) in [5, 5.41) is 5.98. The van der Waals surface area contributed by atoms with E-state index in [-0.39, 0.29) is 30.9 Å². The molecule has 2 amide bonds. The number of carbonyl (C=O) groups excluding carboxylic acids is 2. The molecule has 1 atom stereocenters. The topological polar surface area (TPSA) is 61.4 Å². The molecule has 2 rings (SSSR count). The monoisotopic (exact) mass is 275 g/mol. The summed E-state index contributed by atoms with van der Waals surface area (Å²) in [7, 11) is 0. The van der Waals surface area contributed by atoms with Gasteiger partial charge >= 0.3 is 0 Å². The number of hydrogen-bond acceptors (Lipinski definition) is 3. The molecule has 1 aliphatic rings. The fourth-order valence-corrected chi connectivity index (χ4v) is 2.20. The first-order valence-corrected chi connectivity index (χ1v) is 7.00. The van der Waals surface area contributed by atoms with Crippen LogP contribution in [-0.4, -0.2) is 30.9 Å². The molecule has 1 unspecified atom stereocenters. The summed E-state index contributed by atoms with van der Waals surface area (Å²) in [4.78, 5) is 25.7. The van der Waals surface area contributed by atoms with Crippen LogP contribution in [0.4, 0.5) is 5.69 Å². The number of fused-ring (bicyclic) bond motifs is 1. The van der Waals surface area contributed by atoms with Gasteiger partial charge in [-0.2, -0.15) is 0 Å². The second-order valence-electron chi connectivity index (χ2n) is 5.09. The summed E-state index contributed by atoms with van der Waals surface area (Å²) in [6, 6.07) is 7.81. The molecule has 0 saturated carbocycles. The van der Waals surface area contributed by atoms with E-state index in [1.165, 1.54) is 0 Å². The maximum atomic E-state index is 12.2. The molecule has 2 N–H and O–H groups in total. The Balaban J connectivity index is 2.16. The Labute approximate surface area is 119 Å². The van der Waals surface area contributed by atoms with Crippen molar-refractivity contribution in [3.05, 3.63) is 29.8 Å². The molecule has 1 heterocycles. The van der Waals surface area contributed by atoms with Gasteiger partial charge in [0.15, 0.2) is 0 Å². The minimum absolute atomic E-state index is 0.0713. The van der Waals surface area contributed by atoms with Gasteiger partial charge in [0.1, 0.15) is 6.54 Å². The highest BCUT2D eigenvalue weighted by molar-refractivity contribution is 6.00. The van der Waals surface area contributed by atoms with Gasteiger partial charge in [-0.3, -0.25) is 9.59 Å². The van der Waals surface area contributed by atoms with Crippen molar-refractivity contribution >= 4 is 17.5 Å². The van der Waals surface area contributed by atoms with Gasteiger partial charge in [0, 0.05) is 18.3 Å². The maximum absolute atomic E-state index is 12.2. The molecule has 0 saturated heterocycles. The highest BCUT2D eigenvalue weighted by Crippen LogP contribution is 2.22. The predicted molar refractivity (Wildman–Crippen MR) is 78.4 cm³/mol. The summed E-state index contributed by atoms with van der Waals surface area (Å²) < 4.78 is 0. The van der Waals surface area contributed by atoms with Gasteiger partial charge in [-0.15, -0.1) is 0 Å². The number of nitrogens with one attached hydrogen (secondary N) is 2. The number of para-hydroxylation sites is 1. The Morgan fingerprint density at radius 3 is 2.90 bits per heavy atom. The zero-order chi connectivity index (χ0) is 14.5. The summed E-state index contributed by atoms with van der Waals surface area (Å²) in [5.41, 5.74) is 1.86. The smallest absolute Gasteiger partial charge is 0.241 e. The van der Waals surface area contributed by atoms with Crippen LogP contribution >= 0.6 is 0 Å². The lowest BCUT2D eigenvalue weighted by Crippen LogP contribution is -2.45. The Hall–Kier alpha value is -1.88. The van der Waals surface area contributed by atoms with Crippen molar-refractivity contribution in [2.75, 3.05) is 18.0 Å². The van der Waals surface area contributed by atoms with E-state index in [0.717, 1.165) is 17.7 Å². The normalized spacial score (nSPS) is 16.3. The Bertz CT molecular complexity index is 502. The van der Waals surface area contributed by atoms with Gasteiger partial charge in [0.25, 0.3) is 0 Å². The van der Waals surface area contributed by atoms with Crippen molar-refractivity contribution in [3.8, 4) is 0 Å². The van der Waals surface area contributed by atoms with Crippen molar-refractivity contribution < 1.29 is 9.59 Å². The number of nitrogens with zero attached hydrogens (tertiary/aromatic N) is 1. The van der Waals surface area contributed by atoms with Crippen molar-refractivity contribution in [2.45, 2.75) is 32.9 Å². The van der Waals surface area contributed by atoms with E-state index in [4.69, 9.17) is 0 Å². The number of rotatable bonds is 4. The van der Waals surface area contributed by atoms with E-state index in [2.05, 4.69) is 10.6 Å². The fourth-order valence-electron chi connectivity index (χ4n) is 2.20. The Morgan fingerprint density at radius 2 is 2.15 bits per heavy atom. The van der Waals surface area contributed by atoms with Gasteiger partial charge in [0.05, 0.1) is 6.54 Å². The molecule has 0 aliphatic carbocycles. The zero-order valence-corrected chi connectivity index (χ0v) is 12.0. The minimum atomic E-state index is -0.121. The van der Waals surface area contributed by atoms with Gasteiger partial charge < -0.3 is 15.5 Å². The number of amides is 2. The van der Waals surface area contributed by atoms with Crippen LogP contribution in [0.3, 0.4) is 0 Å². The van der Waals surface area contributed by atoms with Gasteiger partial charge in [-0.25, -0.2) is 0 Å². The molecule has 0 bridgehead atoms. The number of carbonyl (C=O) groups is 2. The third-order valence-corrected chi connectivity index (χ3v) is 3.50. The molecule has 0 fully saturated rings. The fraction of sp³-hybridized carbons (Fsp3) is 0.467. The Morgan fingerprint density at radius 1 is 1.40 bits per heavy atom. The lowest BCUT2D eigenvalue weighted by molar-refractivity contribution is -0.123. The summed E-state index contributed by atoms with van der Waals surface area (Å²) in [6.45, 7) is 4.94. The molecule has 0 radical (unpaired) electrons. The van der Waals surface area contributed by atoms with Crippen LogP contribution in [0.1, 0.15) is 25.8 Å². The second-order valence-corrected chi connectivity index (χ2v) is 5.09. The van der Waals surface area contributed by atoms with Crippen molar-refractivity contribution in [2.24, 2.45) is 0 Å². The van der Waals surface area contributed by atoms with E-state index in [9.17, 15) is 9.59 Å². The van der Waals surface area contributed by atoms with E-state index >= 15 is 0 Å². The lowest BCUT2D eigenvalue weighted by atomic mass is 10.1. The van der Waals surface area contributed by atoms with E-state index < -0.39 is 0 Å². The standard InChI is InChI=1S/C15H21N3O2/c1-3-11(2)17-14(19)10-18-13-7-5-4-6-12(13)8-16-9-15(18)20/h4-7,11,16H,3,8-10H2,1-2H3,(H,17,19). The lowest BCUT2D eigenvalue weighted by Gasteiger charge is -2.23. The summed E-state index contributed by atoms with van der Waals surface area (Å²) >= 11 is 0. The van der Waals surface area contributed by atoms with Crippen LogP contribution in [0, 0.1) is 0 Å². The summed E-state index contributed by atoms with van der Waals surface area (Å²) in [5.74, 6) is -0.196.